The molecule has 3 unspecified atom stereocenters. The maximum absolute atomic E-state index is 16.6. The molecule has 3 aliphatic heterocycles. The minimum atomic E-state index is -1.78. The first-order valence-corrected chi connectivity index (χ1v) is 21.3. The minimum absolute atomic E-state index is 0.0341. The number of rotatable bonds is 6. The second-order valence-electron chi connectivity index (χ2n) is 14.2. The zero-order chi connectivity index (χ0) is 37.8. The summed E-state index contributed by atoms with van der Waals surface area (Å²) < 4.78 is 54.6. The lowest BCUT2D eigenvalue weighted by Gasteiger charge is -2.30. The van der Waals surface area contributed by atoms with Gasteiger partial charge in [-0.25, -0.2) is 13.8 Å². The summed E-state index contributed by atoms with van der Waals surface area (Å²) in [5.41, 5.74) is 12.9. The van der Waals surface area contributed by atoms with Crippen LogP contribution < -0.4 is 25.8 Å². The average Bonchev–Trinajstić information content (AvgIpc) is 3.77. The zero-order valence-corrected chi connectivity index (χ0v) is 32.3. The molecule has 5 aromatic rings. The Kier molecular flexibility index (Phi) is 10.1. The number of hydrogen-bond donors (Lipinski definition) is 2. The number of anilines is 3. The molecule has 0 aliphatic carbocycles. The van der Waals surface area contributed by atoms with Gasteiger partial charge >= 0.3 is 6.01 Å². The third kappa shape index (κ3) is 6.84. The molecule has 0 spiro atoms. The monoisotopic (exact) mass is 780 g/mol. The van der Waals surface area contributed by atoms with Crippen LogP contribution in [0.5, 0.6) is 11.8 Å². The molecular weight excluding hydrogens is 741 g/mol. The van der Waals surface area contributed by atoms with Crippen LogP contribution in [0.1, 0.15) is 43.4 Å². The Morgan fingerprint density at radius 2 is 2.00 bits per heavy atom. The van der Waals surface area contributed by atoms with Gasteiger partial charge in [-0.1, -0.05) is 23.7 Å². The van der Waals surface area contributed by atoms with E-state index >= 15 is 4.39 Å². The molecule has 3 atom stereocenters. The lowest BCUT2D eigenvalue weighted by molar-refractivity contribution is 0.319. The fraction of sp³-hybridized carbons (Fsp3) is 0.405. The van der Waals surface area contributed by atoms with Crippen molar-refractivity contribution in [3.63, 3.8) is 0 Å². The van der Waals surface area contributed by atoms with Gasteiger partial charge in [0, 0.05) is 41.5 Å². The number of nitrogens with zero attached hydrogens (tertiary/aromatic N) is 6. The standard InChI is InChI=1S/C27H20ClF2N7O2S.C10H20NOP/c1-11(12-4-3-7-34-24(12)32)37-8-9-39-22-18-21(35-27(38-2)36-26(18)37)20(30)17(19(22)28)13-5-6-15(29)23-16(13)14(10-31)25(33)40-23;1-13(2,12)8-9-6-10-4-3-5-11(10)7-9/h3-7,11H,8-9,33H2,1-2H3,(H2,32,34);9-10H,3-8H2,1-2H3. The summed E-state index contributed by atoms with van der Waals surface area (Å²) in [5.74, 6) is 0.158. The van der Waals surface area contributed by atoms with Gasteiger partial charge in [0.1, 0.15) is 40.6 Å². The lowest BCUT2D eigenvalue weighted by Crippen LogP contribution is -2.31. The molecule has 0 amide bonds. The first-order valence-electron chi connectivity index (χ1n) is 17.4. The molecule has 2 fully saturated rings. The van der Waals surface area contributed by atoms with Crippen LogP contribution in [-0.4, -0.2) is 78.7 Å². The van der Waals surface area contributed by atoms with E-state index in [0.29, 0.717) is 18.2 Å². The quantitative estimate of drug-likeness (QED) is 0.161. The molecule has 3 aromatic heterocycles. The number of ether oxygens (including phenoxy) is 2. The van der Waals surface area contributed by atoms with Crippen LogP contribution in [0.15, 0.2) is 30.5 Å². The molecule has 278 valence electrons. The minimum Gasteiger partial charge on any atom is -0.489 e. The number of benzene rings is 2. The van der Waals surface area contributed by atoms with Gasteiger partial charge in [-0.05, 0) is 69.7 Å². The van der Waals surface area contributed by atoms with Crippen LogP contribution in [0.3, 0.4) is 0 Å². The predicted octanol–water partition coefficient (Wildman–Crippen LogP) is 7.94. The van der Waals surface area contributed by atoms with Crippen LogP contribution in [0.25, 0.3) is 32.1 Å². The van der Waals surface area contributed by atoms with Gasteiger partial charge in [-0.15, -0.1) is 11.3 Å². The van der Waals surface area contributed by atoms with Crippen LogP contribution in [0.4, 0.5) is 25.4 Å². The highest BCUT2D eigenvalue weighted by Crippen LogP contribution is 2.51. The van der Waals surface area contributed by atoms with E-state index in [0.717, 1.165) is 35.0 Å². The Hall–Kier alpha value is -4.28. The van der Waals surface area contributed by atoms with Crippen molar-refractivity contribution in [2.24, 2.45) is 5.92 Å². The van der Waals surface area contributed by atoms with E-state index in [2.05, 4.69) is 19.9 Å². The van der Waals surface area contributed by atoms with Gasteiger partial charge in [0.05, 0.1) is 47.5 Å². The Balaban J connectivity index is 0.000000281. The van der Waals surface area contributed by atoms with E-state index in [1.54, 1.807) is 12.3 Å². The van der Waals surface area contributed by atoms with Crippen molar-refractivity contribution in [2.45, 2.75) is 38.3 Å². The summed E-state index contributed by atoms with van der Waals surface area (Å²) in [6.45, 7) is 8.79. The first-order chi connectivity index (χ1) is 25.3. The number of nitrogen functional groups attached to an aromatic ring is 2. The van der Waals surface area contributed by atoms with Crippen molar-refractivity contribution >= 4 is 67.7 Å². The second kappa shape index (κ2) is 14.5. The maximum atomic E-state index is 16.6. The predicted molar refractivity (Wildman–Crippen MR) is 208 cm³/mol. The van der Waals surface area contributed by atoms with Crippen molar-refractivity contribution in [2.75, 3.05) is 69.2 Å². The Morgan fingerprint density at radius 3 is 2.70 bits per heavy atom. The van der Waals surface area contributed by atoms with E-state index < -0.39 is 18.8 Å². The van der Waals surface area contributed by atoms with Crippen molar-refractivity contribution in [3.05, 3.63) is 58.2 Å². The van der Waals surface area contributed by atoms with Gasteiger partial charge in [-0.2, -0.15) is 15.2 Å². The number of hydrogen-bond acceptors (Lipinski definition) is 12. The first kappa shape index (κ1) is 37.1. The molecule has 3 aliphatic rings. The van der Waals surface area contributed by atoms with E-state index in [1.807, 2.05) is 37.3 Å². The molecule has 11 nitrogen and oxygen atoms in total. The number of aromatic nitrogens is 3. The number of fused-ring (bicyclic) bond motifs is 2. The molecule has 4 N–H and O–H groups in total. The van der Waals surface area contributed by atoms with Crippen LogP contribution >= 0.6 is 30.1 Å². The normalized spacial score (nSPS) is 18.9. The summed E-state index contributed by atoms with van der Waals surface area (Å²) >= 11 is 7.79. The molecule has 16 heteroatoms. The highest BCUT2D eigenvalue weighted by Gasteiger charge is 2.37. The molecule has 2 aromatic carbocycles. The molecule has 0 saturated carbocycles. The third-order valence-corrected chi connectivity index (χ3v) is 13.0. The number of nitriles is 1. The highest BCUT2D eigenvalue weighted by atomic mass is 35.5. The van der Waals surface area contributed by atoms with Gasteiger partial charge in [0.25, 0.3) is 0 Å². The van der Waals surface area contributed by atoms with Gasteiger partial charge in [0.15, 0.2) is 11.6 Å². The van der Waals surface area contributed by atoms with Crippen molar-refractivity contribution in [1.29, 1.82) is 5.26 Å². The highest BCUT2D eigenvalue weighted by molar-refractivity contribution is 7.62. The SMILES string of the molecule is COc1nc2c3c(c(Cl)c(-c4ccc(F)c5sc(N)c(C#N)c45)c(F)c3n1)OCCN2C(C)c1cccnc1N.CP(C)(=O)CC1CC2CCCN2C1. The zero-order valence-electron chi connectivity index (χ0n) is 29.8. The fourth-order valence-electron chi connectivity index (χ4n) is 8.04. The fourth-order valence-corrected chi connectivity index (χ4v) is 10.8. The second-order valence-corrected chi connectivity index (χ2v) is 19.1. The van der Waals surface area contributed by atoms with E-state index in [1.165, 1.54) is 51.6 Å². The van der Waals surface area contributed by atoms with Crippen molar-refractivity contribution in [1.82, 2.24) is 19.9 Å². The van der Waals surface area contributed by atoms with Gasteiger partial charge in [0.2, 0.25) is 0 Å². The molecule has 8 rings (SSSR count). The topological polar surface area (TPSA) is 157 Å². The van der Waals surface area contributed by atoms with Gasteiger partial charge in [-0.3, -0.25) is 0 Å². The molecule has 6 heterocycles. The third-order valence-electron chi connectivity index (χ3n) is 10.3. The Labute approximate surface area is 315 Å². The number of nitrogens with two attached hydrogens (primary N) is 2. The van der Waals surface area contributed by atoms with Gasteiger partial charge < -0.3 is 35.3 Å². The van der Waals surface area contributed by atoms with Crippen LogP contribution in [0.2, 0.25) is 5.02 Å². The van der Waals surface area contributed by atoms with E-state index in [9.17, 15) is 14.2 Å². The molecule has 53 heavy (non-hydrogen) atoms. The van der Waals surface area contributed by atoms with Crippen molar-refractivity contribution in [3.8, 4) is 29.0 Å². The van der Waals surface area contributed by atoms with E-state index in [-0.39, 0.29) is 72.1 Å². The largest absolute Gasteiger partial charge is 0.489 e. The number of methoxy groups -OCH3 is 1. The molecular formula is C37H40ClF2N8O3PS. The summed E-state index contributed by atoms with van der Waals surface area (Å²) in [6, 6.07) is 8.60. The summed E-state index contributed by atoms with van der Waals surface area (Å²) in [7, 11) is -0.406. The molecule has 0 radical (unpaired) electrons. The number of thiophene rings is 1. The molecule has 0 bridgehead atoms. The van der Waals surface area contributed by atoms with Crippen LogP contribution in [-0.2, 0) is 4.57 Å². The number of halogens is 3. The smallest absolute Gasteiger partial charge is 0.318 e. The number of pyridine rings is 1. The summed E-state index contributed by atoms with van der Waals surface area (Å²) in [6.07, 6.45) is 6.65. The summed E-state index contributed by atoms with van der Waals surface area (Å²) in [4.78, 5) is 17.6. The van der Waals surface area contributed by atoms with E-state index in [4.69, 9.17) is 32.5 Å². The maximum Gasteiger partial charge on any atom is 0.318 e. The summed E-state index contributed by atoms with van der Waals surface area (Å²) in [5, 5.41) is 10.2. The van der Waals surface area contributed by atoms with Crippen molar-refractivity contribution < 1.29 is 22.8 Å². The Morgan fingerprint density at radius 1 is 1.21 bits per heavy atom. The molecule has 2 saturated heterocycles. The Bertz CT molecular complexity index is 2320. The van der Waals surface area contributed by atoms with Crippen LogP contribution in [0, 0.1) is 28.9 Å². The lowest BCUT2D eigenvalue weighted by atomic mass is 9.96. The average molecular weight is 781 g/mol.